The number of halogens is 1. The van der Waals surface area contributed by atoms with Crippen molar-refractivity contribution < 1.29 is 9.59 Å². The molecular weight excluding hydrogens is 350 g/mol. The first-order valence-electron chi connectivity index (χ1n) is 9.29. The molecule has 0 radical (unpaired) electrons. The van der Waals surface area contributed by atoms with Crippen molar-refractivity contribution in [3.8, 4) is 0 Å². The molecule has 3 rings (SSSR count). The zero-order valence-electron chi connectivity index (χ0n) is 15.9. The molecule has 1 aromatic rings. The SMILES string of the molecule is CCC(C)(C)NC(=O)c1ccc(NC(=O)C2CC23CCNCC3)cc1.Cl. The largest absolute Gasteiger partial charge is 0.347 e. The van der Waals surface area contributed by atoms with E-state index >= 15 is 0 Å². The van der Waals surface area contributed by atoms with Crippen LogP contribution in [0.2, 0.25) is 0 Å². The third kappa shape index (κ3) is 4.57. The van der Waals surface area contributed by atoms with Crippen LogP contribution >= 0.6 is 12.4 Å². The summed E-state index contributed by atoms with van der Waals surface area (Å²) in [5, 5.41) is 9.38. The van der Waals surface area contributed by atoms with Gasteiger partial charge in [0, 0.05) is 22.7 Å². The van der Waals surface area contributed by atoms with Crippen molar-refractivity contribution in [3.05, 3.63) is 29.8 Å². The lowest BCUT2D eigenvalue weighted by molar-refractivity contribution is -0.118. The second-order valence-electron chi connectivity index (χ2n) is 8.13. The quantitative estimate of drug-likeness (QED) is 0.734. The maximum Gasteiger partial charge on any atom is 0.251 e. The van der Waals surface area contributed by atoms with Crippen LogP contribution in [0, 0.1) is 11.3 Å². The van der Waals surface area contributed by atoms with Gasteiger partial charge in [0.05, 0.1) is 0 Å². The van der Waals surface area contributed by atoms with Gasteiger partial charge in [-0.2, -0.15) is 0 Å². The minimum Gasteiger partial charge on any atom is -0.347 e. The number of hydrogen-bond acceptors (Lipinski definition) is 3. The van der Waals surface area contributed by atoms with Crippen LogP contribution in [-0.4, -0.2) is 30.4 Å². The maximum atomic E-state index is 12.5. The predicted molar refractivity (Wildman–Crippen MR) is 107 cm³/mol. The summed E-state index contributed by atoms with van der Waals surface area (Å²) < 4.78 is 0. The fraction of sp³-hybridized carbons (Fsp3) is 0.600. The number of benzene rings is 1. The molecule has 144 valence electrons. The van der Waals surface area contributed by atoms with Crippen molar-refractivity contribution in [2.24, 2.45) is 11.3 Å². The van der Waals surface area contributed by atoms with Gasteiger partial charge >= 0.3 is 0 Å². The molecule has 0 bridgehead atoms. The Labute approximate surface area is 162 Å². The highest BCUT2D eigenvalue weighted by Crippen LogP contribution is 2.58. The second-order valence-corrected chi connectivity index (χ2v) is 8.13. The Balaban J connectivity index is 0.00000243. The minimum absolute atomic E-state index is 0. The summed E-state index contributed by atoms with van der Waals surface area (Å²) in [6, 6.07) is 7.15. The highest BCUT2D eigenvalue weighted by molar-refractivity contribution is 5.97. The van der Waals surface area contributed by atoms with Crippen molar-refractivity contribution in [3.63, 3.8) is 0 Å². The lowest BCUT2D eigenvalue weighted by Gasteiger charge is -2.24. The van der Waals surface area contributed by atoms with Crippen LogP contribution in [0.1, 0.15) is 56.8 Å². The summed E-state index contributed by atoms with van der Waals surface area (Å²) in [5.41, 5.74) is 1.38. The number of hydrogen-bond donors (Lipinski definition) is 3. The molecule has 6 heteroatoms. The molecule has 1 saturated heterocycles. The van der Waals surface area contributed by atoms with Crippen LogP contribution in [0.15, 0.2) is 24.3 Å². The molecule has 1 saturated carbocycles. The van der Waals surface area contributed by atoms with E-state index in [0.29, 0.717) is 5.56 Å². The third-order valence-corrected chi connectivity index (χ3v) is 5.86. The lowest BCUT2D eigenvalue weighted by atomic mass is 9.92. The third-order valence-electron chi connectivity index (χ3n) is 5.86. The number of amides is 2. The molecule has 1 aliphatic carbocycles. The highest BCUT2D eigenvalue weighted by Gasteiger charge is 2.57. The summed E-state index contributed by atoms with van der Waals surface area (Å²) in [4.78, 5) is 24.8. The minimum atomic E-state index is -0.223. The summed E-state index contributed by atoms with van der Waals surface area (Å²) >= 11 is 0. The van der Waals surface area contributed by atoms with Gasteiger partial charge in [0.1, 0.15) is 0 Å². The first-order valence-corrected chi connectivity index (χ1v) is 9.29. The van der Waals surface area contributed by atoms with E-state index in [4.69, 9.17) is 0 Å². The van der Waals surface area contributed by atoms with Gasteiger partial charge in [-0.25, -0.2) is 0 Å². The average molecular weight is 380 g/mol. The molecular formula is C20H30ClN3O2. The van der Waals surface area contributed by atoms with E-state index in [2.05, 4.69) is 16.0 Å². The Morgan fingerprint density at radius 1 is 1.19 bits per heavy atom. The second kappa shape index (κ2) is 7.97. The molecule has 1 aromatic carbocycles. The molecule has 3 N–H and O–H groups in total. The van der Waals surface area contributed by atoms with E-state index in [1.807, 2.05) is 32.9 Å². The maximum absolute atomic E-state index is 12.5. The van der Waals surface area contributed by atoms with Crippen molar-refractivity contribution in [1.82, 2.24) is 10.6 Å². The molecule has 1 aliphatic heterocycles. The van der Waals surface area contributed by atoms with Gasteiger partial charge in [-0.15, -0.1) is 12.4 Å². The van der Waals surface area contributed by atoms with Gasteiger partial charge < -0.3 is 16.0 Å². The van der Waals surface area contributed by atoms with Crippen LogP contribution < -0.4 is 16.0 Å². The van der Waals surface area contributed by atoms with Crippen molar-refractivity contribution >= 4 is 29.9 Å². The molecule has 26 heavy (non-hydrogen) atoms. The molecule has 1 unspecified atom stereocenters. The van der Waals surface area contributed by atoms with Crippen molar-refractivity contribution in [2.45, 2.75) is 52.0 Å². The van der Waals surface area contributed by atoms with E-state index in [-0.39, 0.29) is 41.1 Å². The Bertz CT molecular complexity index is 652. The number of piperidine rings is 1. The summed E-state index contributed by atoms with van der Waals surface area (Å²) in [7, 11) is 0. The van der Waals surface area contributed by atoms with E-state index in [9.17, 15) is 9.59 Å². The topological polar surface area (TPSA) is 70.2 Å². The molecule has 2 aliphatic rings. The van der Waals surface area contributed by atoms with Gasteiger partial charge in [0.2, 0.25) is 5.91 Å². The Morgan fingerprint density at radius 2 is 1.81 bits per heavy atom. The van der Waals surface area contributed by atoms with Gasteiger partial charge in [0.15, 0.2) is 0 Å². The fourth-order valence-corrected chi connectivity index (χ4v) is 3.60. The first kappa shape index (κ1) is 20.7. The lowest BCUT2D eigenvalue weighted by Crippen LogP contribution is -2.42. The monoisotopic (exact) mass is 379 g/mol. The molecule has 2 fully saturated rings. The van der Waals surface area contributed by atoms with Crippen LogP contribution in [0.25, 0.3) is 0 Å². The van der Waals surface area contributed by atoms with Gasteiger partial charge in [-0.05, 0) is 82.3 Å². The zero-order valence-corrected chi connectivity index (χ0v) is 16.7. The van der Waals surface area contributed by atoms with Gasteiger partial charge in [-0.1, -0.05) is 6.92 Å². The van der Waals surface area contributed by atoms with Gasteiger partial charge in [-0.3, -0.25) is 9.59 Å². The number of rotatable bonds is 5. The molecule has 1 atom stereocenters. The van der Waals surface area contributed by atoms with E-state index in [1.165, 1.54) is 0 Å². The molecule has 2 amide bonds. The fourth-order valence-electron chi connectivity index (χ4n) is 3.60. The molecule has 5 nitrogen and oxygen atoms in total. The van der Waals surface area contributed by atoms with Crippen LogP contribution in [0.5, 0.6) is 0 Å². The number of carbonyl (C=O) groups is 2. The van der Waals surface area contributed by atoms with Crippen LogP contribution in [-0.2, 0) is 4.79 Å². The Hall–Kier alpha value is -1.59. The Kier molecular flexibility index (Phi) is 6.35. The number of anilines is 1. The summed E-state index contributed by atoms with van der Waals surface area (Å²) in [6.45, 7) is 8.09. The van der Waals surface area contributed by atoms with E-state index < -0.39 is 0 Å². The predicted octanol–water partition coefficient (Wildman–Crippen LogP) is 3.36. The summed E-state index contributed by atoms with van der Waals surface area (Å²) in [5.74, 6) is 0.176. The van der Waals surface area contributed by atoms with Crippen LogP contribution in [0.3, 0.4) is 0 Å². The first-order chi connectivity index (χ1) is 11.9. The number of carbonyl (C=O) groups excluding carboxylic acids is 2. The molecule has 1 spiro atoms. The molecule has 1 heterocycles. The highest BCUT2D eigenvalue weighted by atomic mass is 35.5. The van der Waals surface area contributed by atoms with Gasteiger partial charge in [0.25, 0.3) is 5.91 Å². The molecule has 0 aromatic heterocycles. The normalized spacial score (nSPS) is 20.8. The summed E-state index contributed by atoms with van der Waals surface area (Å²) in [6.07, 6.45) is 4.06. The van der Waals surface area contributed by atoms with E-state index in [1.54, 1.807) is 12.1 Å². The van der Waals surface area contributed by atoms with Crippen LogP contribution in [0.4, 0.5) is 5.69 Å². The zero-order chi connectivity index (χ0) is 18.1. The number of nitrogens with one attached hydrogen (secondary N) is 3. The smallest absolute Gasteiger partial charge is 0.251 e. The standard InChI is InChI=1S/C20H29N3O2.ClH/c1-4-19(2,3)23-17(24)14-5-7-15(8-6-14)22-18(25)16-13-20(16)9-11-21-12-10-20;/h5-8,16,21H,4,9-13H2,1-3H3,(H,22,25)(H,23,24);1H. The Morgan fingerprint density at radius 3 is 2.38 bits per heavy atom. The van der Waals surface area contributed by atoms with Crippen molar-refractivity contribution in [2.75, 3.05) is 18.4 Å². The van der Waals surface area contributed by atoms with Crippen molar-refractivity contribution in [1.29, 1.82) is 0 Å². The van der Waals surface area contributed by atoms with E-state index in [0.717, 1.165) is 44.5 Å². The average Bonchev–Trinajstić information content (AvgIpc) is 3.29.